The van der Waals surface area contributed by atoms with Crippen LogP contribution < -0.4 is 15.8 Å². The molecular formula is C14H15ClN2O. The van der Waals surface area contributed by atoms with E-state index in [0.717, 1.165) is 22.7 Å². The fraction of sp³-hybridized carbons (Fsp3) is 0.143. The summed E-state index contributed by atoms with van der Waals surface area (Å²) in [7, 11) is 1.62. The number of aryl methyl sites for hydroxylation is 1. The number of methoxy groups -OCH3 is 1. The lowest BCUT2D eigenvalue weighted by Gasteiger charge is -2.13. The van der Waals surface area contributed by atoms with E-state index in [0.29, 0.717) is 10.7 Å². The molecule has 2 aromatic carbocycles. The van der Waals surface area contributed by atoms with Crippen molar-refractivity contribution in [3.63, 3.8) is 0 Å². The molecule has 2 aromatic rings. The van der Waals surface area contributed by atoms with Crippen molar-refractivity contribution in [1.29, 1.82) is 0 Å². The van der Waals surface area contributed by atoms with Gasteiger partial charge in [0.1, 0.15) is 5.75 Å². The van der Waals surface area contributed by atoms with E-state index in [-0.39, 0.29) is 0 Å². The number of nitrogens with two attached hydrogens (primary N) is 1. The van der Waals surface area contributed by atoms with E-state index in [4.69, 9.17) is 22.1 Å². The number of rotatable bonds is 3. The number of halogens is 1. The van der Waals surface area contributed by atoms with E-state index in [1.807, 2.05) is 37.3 Å². The molecule has 0 amide bonds. The lowest BCUT2D eigenvalue weighted by molar-refractivity contribution is 0.415. The SMILES string of the molecule is COc1ccc(N)c(Nc2cc(Cl)ccc2C)c1. The summed E-state index contributed by atoms with van der Waals surface area (Å²) >= 11 is 5.99. The summed E-state index contributed by atoms with van der Waals surface area (Å²) in [6.07, 6.45) is 0. The Hall–Kier alpha value is -1.87. The van der Waals surface area contributed by atoms with Crippen molar-refractivity contribution < 1.29 is 4.74 Å². The minimum absolute atomic E-state index is 0.662. The Bertz CT molecular complexity index is 570. The highest BCUT2D eigenvalue weighted by molar-refractivity contribution is 6.30. The minimum atomic E-state index is 0.662. The summed E-state index contributed by atoms with van der Waals surface area (Å²) in [6, 6.07) is 11.2. The highest BCUT2D eigenvalue weighted by Gasteiger charge is 2.04. The third-order valence-corrected chi connectivity index (χ3v) is 2.96. The van der Waals surface area contributed by atoms with Gasteiger partial charge in [0.25, 0.3) is 0 Å². The maximum atomic E-state index is 5.99. The molecule has 0 spiro atoms. The molecule has 2 rings (SSSR count). The van der Waals surface area contributed by atoms with Crippen LogP contribution in [0.4, 0.5) is 17.1 Å². The monoisotopic (exact) mass is 262 g/mol. The third kappa shape index (κ3) is 2.68. The summed E-state index contributed by atoms with van der Waals surface area (Å²) in [5.41, 5.74) is 9.43. The van der Waals surface area contributed by atoms with Crippen molar-refractivity contribution >= 4 is 28.7 Å². The molecule has 3 N–H and O–H groups in total. The van der Waals surface area contributed by atoms with Crippen molar-refractivity contribution in [2.24, 2.45) is 0 Å². The fourth-order valence-electron chi connectivity index (χ4n) is 1.64. The first kappa shape index (κ1) is 12.6. The lowest BCUT2D eigenvalue weighted by Crippen LogP contribution is -1.98. The number of hydrogen-bond acceptors (Lipinski definition) is 3. The smallest absolute Gasteiger partial charge is 0.121 e. The molecule has 0 heterocycles. The van der Waals surface area contributed by atoms with Gasteiger partial charge in [-0.25, -0.2) is 0 Å². The molecule has 0 atom stereocenters. The van der Waals surface area contributed by atoms with Crippen LogP contribution in [0, 0.1) is 6.92 Å². The molecule has 0 aliphatic carbocycles. The molecule has 0 bridgehead atoms. The number of hydrogen-bond donors (Lipinski definition) is 2. The van der Waals surface area contributed by atoms with E-state index < -0.39 is 0 Å². The molecule has 0 aliphatic heterocycles. The van der Waals surface area contributed by atoms with Crippen molar-refractivity contribution in [1.82, 2.24) is 0 Å². The molecule has 0 aromatic heterocycles. The molecule has 0 saturated carbocycles. The fourth-order valence-corrected chi connectivity index (χ4v) is 1.82. The third-order valence-electron chi connectivity index (χ3n) is 2.73. The van der Waals surface area contributed by atoms with Gasteiger partial charge in [-0.3, -0.25) is 0 Å². The van der Waals surface area contributed by atoms with Gasteiger partial charge < -0.3 is 15.8 Å². The largest absolute Gasteiger partial charge is 0.497 e. The number of benzene rings is 2. The van der Waals surface area contributed by atoms with Crippen LogP contribution in [0.25, 0.3) is 0 Å². The van der Waals surface area contributed by atoms with Crippen LogP contribution >= 0.6 is 11.6 Å². The van der Waals surface area contributed by atoms with Crippen molar-refractivity contribution in [3.8, 4) is 5.75 Å². The number of nitrogen functional groups attached to an aromatic ring is 1. The summed E-state index contributed by atoms with van der Waals surface area (Å²) in [4.78, 5) is 0. The summed E-state index contributed by atoms with van der Waals surface area (Å²) < 4.78 is 5.18. The Morgan fingerprint density at radius 2 is 1.89 bits per heavy atom. The van der Waals surface area contributed by atoms with Gasteiger partial charge in [0.2, 0.25) is 0 Å². The Balaban J connectivity index is 2.36. The van der Waals surface area contributed by atoms with Gasteiger partial charge in [-0.2, -0.15) is 0 Å². The van der Waals surface area contributed by atoms with E-state index in [9.17, 15) is 0 Å². The summed E-state index contributed by atoms with van der Waals surface area (Å²) in [5, 5.41) is 3.95. The van der Waals surface area contributed by atoms with Gasteiger partial charge in [0, 0.05) is 16.8 Å². The first-order valence-electron chi connectivity index (χ1n) is 5.57. The molecule has 4 heteroatoms. The van der Waals surface area contributed by atoms with Gasteiger partial charge in [-0.15, -0.1) is 0 Å². The van der Waals surface area contributed by atoms with E-state index >= 15 is 0 Å². The lowest BCUT2D eigenvalue weighted by atomic mass is 10.2. The zero-order valence-corrected chi connectivity index (χ0v) is 11.1. The van der Waals surface area contributed by atoms with Crippen molar-refractivity contribution in [2.45, 2.75) is 6.92 Å². The molecular weight excluding hydrogens is 248 g/mol. The standard InChI is InChI=1S/C14H15ClN2O/c1-9-3-4-10(15)7-13(9)17-14-8-11(18-2)5-6-12(14)16/h3-8,17H,16H2,1-2H3. The summed E-state index contributed by atoms with van der Waals surface area (Å²) in [6.45, 7) is 2.01. The second-order valence-corrected chi connectivity index (χ2v) is 4.47. The maximum Gasteiger partial charge on any atom is 0.121 e. The van der Waals surface area contributed by atoms with Gasteiger partial charge in [0.05, 0.1) is 18.5 Å². The Morgan fingerprint density at radius 3 is 2.61 bits per heavy atom. The minimum Gasteiger partial charge on any atom is -0.497 e. The van der Waals surface area contributed by atoms with Crippen LogP contribution in [0.1, 0.15) is 5.56 Å². The highest BCUT2D eigenvalue weighted by Crippen LogP contribution is 2.30. The zero-order chi connectivity index (χ0) is 13.1. The Kier molecular flexibility index (Phi) is 3.63. The van der Waals surface area contributed by atoms with Crippen LogP contribution in [-0.4, -0.2) is 7.11 Å². The number of anilines is 3. The topological polar surface area (TPSA) is 47.3 Å². The Labute approximate surface area is 112 Å². The predicted molar refractivity (Wildman–Crippen MR) is 76.9 cm³/mol. The van der Waals surface area contributed by atoms with Crippen LogP contribution in [0.3, 0.4) is 0 Å². The number of nitrogens with one attached hydrogen (secondary N) is 1. The maximum absolute atomic E-state index is 5.99. The van der Waals surface area contributed by atoms with Crippen molar-refractivity contribution in [3.05, 3.63) is 47.0 Å². The molecule has 3 nitrogen and oxygen atoms in total. The molecule has 0 fully saturated rings. The van der Waals surface area contributed by atoms with Crippen molar-refractivity contribution in [2.75, 3.05) is 18.2 Å². The molecule has 18 heavy (non-hydrogen) atoms. The normalized spacial score (nSPS) is 10.2. The van der Waals surface area contributed by atoms with Gasteiger partial charge in [0.15, 0.2) is 0 Å². The second kappa shape index (κ2) is 5.19. The molecule has 0 saturated heterocycles. The van der Waals surface area contributed by atoms with Crippen LogP contribution in [0.2, 0.25) is 5.02 Å². The first-order valence-corrected chi connectivity index (χ1v) is 5.94. The average Bonchev–Trinajstić information content (AvgIpc) is 2.36. The van der Waals surface area contributed by atoms with Gasteiger partial charge >= 0.3 is 0 Å². The van der Waals surface area contributed by atoms with Crippen LogP contribution in [0.15, 0.2) is 36.4 Å². The van der Waals surface area contributed by atoms with Crippen LogP contribution in [-0.2, 0) is 0 Å². The van der Waals surface area contributed by atoms with E-state index in [2.05, 4.69) is 5.32 Å². The average molecular weight is 263 g/mol. The molecule has 0 radical (unpaired) electrons. The molecule has 94 valence electrons. The zero-order valence-electron chi connectivity index (χ0n) is 10.3. The first-order chi connectivity index (χ1) is 8.60. The van der Waals surface area contributed by atoms with E-state index in [1.54, 1.807) is 13.2 Å². The summed E-state index contributed by atoms with van der Waals surface area (Å²) in [5.74, 6) is 0.756. The predicted octanol–water partition coefficient (Wildman–Crippen LogP) is 3.98. The number of ether oxygens (including phenoxy) is 1. The molecule has 0 unspecified atom stereocenters. The second-order valence-electron chi connectivity index (χ2n) is 4.04. The van der Waals surface area contributed by atoms with E-state index in [1.165, 1.54) is 0 Å². The quantitative estimate of drug-likeness (QED) is 0.823. The Morgan fingerprint density at radius 1 is 1.11 bits per heavy atom. The van der Waals surface area contributed by atoms with Gasteiger partial charge in [-0.05, 0) is 36.8 Å². The molecule has 0 aliphatic rings. The van der Waals surface area contributed by atoms with Crippen LogP contribution in [0.5, 0.6) is 5.75 Å². The highest BCUT2D eigenvalue weighted by atomic mass is 35.5. The van der Waals surface area contributed by atoms with Gasteiger partial charge in [-0.1, -0.05) is 17.7 Å².